The Hall–Kier alpha value is -1.02. The maximum absolute atomic E-state index is 9.44. The Kier molecular flexibility index (Phi) is 3.67. The number of rotatable bonds is 2. The van der Waals surface area contributed by atoms with Gasteiger partial charge in [-0.2, -0.15) is 0 Å². The number of para-hydroxylation sites is 1. The summed E-state index contributed by atoms with van der Waals surface area (Å²) in [6.07, 6.45) is 2.27. The van der Waals surface area contributed by atoms with Gasteiger partial charge < -0.3 is 10.0 Å². The Morgan fingerprint density at radius 2 is 1.89 bits per heavy atom. The largest absolute Gasteiger partial charge is 0.396 e. The standard InChI is InChI=1S/C16H25NO/c1-12-6-5-7-13(2)15(12)17-10-14(11-18)8-9-16(17,3)4/h5-7,14,18H,8-11H2,1-4H3. The molecule has 2 rings (SSSR count). The fourth-order valence-corrected chi connectivity index (χ4v) is 3.06. The summed E-state index contributed by atoms with van der Waals surface area (Å²) in [6.45, 7) is 10.3. The lowest BCUT2D eigenvalue weighted by atomic mass is 9.83. The Balaban J connectivity index is 2.39. The number of nitrogens with zero attached hydrogens (tertiary/aromatic N) is 1. The van der Waals surface area contributed by atoms with Crippen molar-refractivity contribution < 1.29 is 5.11 Å². The third-order valence-corrected chi connectivity index (χ3v) is 4.30. The maximum atomic E-state index is 9.44. The van der Waals surface area contributed by atoms with Crippen molar-refractivity contribution in [2.75, 3.05) is 18.1 Å². The third-order valence-electron chi connectivity index (χ3n) is 4.30. The second kappa shape index (κ2) is 4.93. The Bertz CT molecular complexity index is 405. The van der Waals surface area contributed by atoms with E-state index in [0.29, 0.717) is 12.5 Å². The number of aliphatic hydroxyl groups excluding tert-OH is 1. The summed E-state index contributed by atoms with van der Waals surface area (Å²) in [5.41, 5.74) is 4.21. The molecule has 1 fully saturated rings. The predicted octanol–water partition coefficient (Wildman–Crippen LogP) is 3.29. The zero-order valence-electron chi connectivity index (χ0n) is 12.0. The van der Waals surface area contributed by atoms with Crippen LogP contribution in [0.2, 0.25) is 0 Å². The highest BCUT2D eigenvalue weighted by molar-refractivity contribution is 5.60. The van der Waals surface area contributed by atoms with E-state index in [1.165, 1.54) is 16.8 Å². The van der Waals surface area contributed by atoms with E-state index in [1.54, 1.807) is 0 Å². The van der Waals surface area contributed by atoms with E-state index in [9.17, 15) is 5.11 Å². The molecule has 1 aliphatic rings. The molecule has 1 aromatic rings. The molecule has 18 heavy (non-hydrogen) atoms. The first kappa shape index (κ1) is 13.4. The van der Waals surface area contributed by atoms with Crippen molar-refractivity contribution in [1.82, 2.24) is 0 Å². The number of aryl methyl sites for hydroxylation is 2. The summed E-state index contributed by atoms with van der Waals surface area (Å²) in [6, 6.07) is 6.48. The molecule has 2 nitrogen and oxygen atoms in total. The molecule has 1 aliphatic heterocycles. The molecule has 0 radical (unpaired) electrons. The van der Waals surface area contributed by atoms with Crippen LogP contribution in [0.1, 0.15) is 37.8 Å². The molecule has 0 bridgehead atoms. The molecule has 0 aromatic heterocycles. The highest BCUT2D eigenvalue weighted by atomic mass is 16.3. The lowest BCUT2D eigenvalue weighted by Crippen LogP contribution is -2.51. The molecular weight excluding hydrogens is 222 g/mol. The molecule has 0 saturated carbocycles. The van der Waals surface area contributed by atoms with Gasteiger partial charge in [-0.05, 0) is 57.6 Å². The summed E-state index contributed by atoms with van der Waals surface area (Å²) in [5.74, 6) is 0.414. The highest BCUT2D eigenvalue weighted by Gasteiger charge is 2.35. The predicted molar refractivity (Wildman–Crippen MR) is 77.2 cm³/mol. The number of hydrogen-bond donors (Lipinski definition) is 1. The second-order valence-electron chi connectivity index (χ2n) is 6.25. The van der Waals surface area contributed by atoms with E-state index in [1.807, 2.05) is 0 Å². The van der Waals surface area contributed by atoms with Gasteiger partial charge in [0.25, 0.3) is 0 Å². The number of hydrogen-bond acceptors (Lipinski definition) is 2. The maximum Gasteiger partial charge on any atom is 0.0476 e. The van der Waals surface area contributed by atoms with E-state index in [-0.39, 0.29) is 5.54 Å². The molecule has 2 heteroatoms. The molecule has 1 saturated heterocycles. The lowest BCUT2D eigenvalue weighted by Gasteiger charge is -2.48. The lowest BCUT2D eigenvalue weighted by molar-refractivity contribution is 0.181. The zero-order valence-corrected chi connectivity index (χ0v) is 12.0. The summed E-state index contributed by atoms with van der Waals surface area (Å²) < 4.78 is 0. The quantitative estimate of drug-likeness (QED) is 0.867. The van der Waals surface area contributed by atoms with Crippen molar-refractivity contribution in [3.8, 4) is 0 Å². The summed E-state index contributed by atoms with van der Waals surface area (Å²) >= 11 is 0. The first-order valence-corrected chi connectivity index (χ1v) is 6.90. The first-order valence-electron chi connectivity index (χ1n) is 6.90. The van der Waals surface area contributed by atoms with Crippen LogP contribution in [0, 0.1) is 19.8 Å². The fraction of sp³-hybridized carbons (Fsp3) is 0.625. The Morgan fingerprint density at radius 3 is 2.44 bits per heavy atom. The molecule has 1 atom stereocenters. The minimum Gasteiger partial charge on any atom is -0.396 e. The van der Waals surface area contributed by atoms with Crippen LogP contribution in [0.3, 0.4) is 0 Å². The number of aliphatic hydroxyl groups is 1. The fourth-order valence-electron chi connectivity index (χ4n) is 3.06. The van der Waals surface area contributed by atoms with Crippen LogP contribution in [-0.4, -0.2) is 23.8 Å². The van der Waals surface area contributed by atoms with E-state index < -0.39 is 0 Å². The van der Waals surface area contributed by atoms with Gasteiger partial charge in [0.05, 0.1) is 0 Å². The van der Waals surface area contributed by atoms with Crippen LogP contribution in [0.5, 0.6) is 0 Å². The normalized spacial score (nSPS) is 23.2. The van der Waals surface area contributed by atoms with Crippen molar-refractivity contribution in [3.63, 3.8) is 0 Å². The van der Waals surface area contributed by atoms with Gasteiger partial charge in [-0.1, -0.05) is 18.2 Å². The molecule has 100 valence electrons. The van der Waals surface area contributed by atoms with Gasteiger partial charge in [-0.25, -0.2) is 0 Å². The molecule has 1 aromatic carbocycles. The van der Waals surface area contributed by atoms with Gasteiger partial charge in [0.2, 0.25) is 0 Å². The number of anilines is 1. The average Bonchev–Trinajstić information content (AvgIpc) is 2.31. The molecule has 1 unspecified atom stereocenters. The molecule has 0 aliphatic carbocycles. The third kappa shape index (κ3) is 2.39. The van der Waals surface area contributed by atoms with Crippen LogP contribution in [-0.2, 0) is 0 Å². The van der Waals surface area contributed by atoms with Crippen molar-refractivity contribution in [2.45, 2.75) is 46.1 Å². The SMILES string of the molecule is Cc1cccc(C)c1N1CC(CO)CCC1(C)C. The van der Waals surface area contributed by atoms with Crippen LogP contribution in [0.4, 0.5) is 5.69 Å². The molecule has 0 spiro atoms. The van der Waals surface area contributed by atoms with Crippen LogP contribution in [0.15, 0.2) is 18.2 Å². The van der Waals surface area contributed by atoms with Gasteiger partial charge in [0.15, 0.2) is 0 Å². The number of piperidine rings is 1. The minimum atomic E-state index is 0.183. The summed E-state index contributed by atoms with van der Waals surface area (Å²) in [4.78, 5) is 2.50. The number of benzene rings is 1. The van der Waals surface area contributed by atoms with Crippen LogP contribution in [0.25, 0.3) is 0 Å². The topological polar surface area (TPSA) is 23.5 Å². The van der Waals surface area contributed by atoms with Crippen molar-refractivity contribution in [3.05, 3.63) is 29.3 Å². The average molecular weight is 247 g/mol. The summed E-state index contributed by atoms with van der Waals surface area (Å²) in [7, 11) is 0. The van der Waals surface area contributed by atoms with Crippen LogP contribution < -0.4 is 4.90 Å². The zero-order chi connectivity index (χ0) is 13.3. The van der Waals surface area contributed by atoms with Gasteiger partial charge in [-0.15, -0.1) is 0 Å². The van der Waals surface area contributed by atoms with Gasteiger partial charge in [0, 0.05) is 24.4 Å². The van der Waals surface area contributed by atoms with Crippen molar-refractivity contribution in [1.29, 1.82) is 0 Å². The Morgan fingerprint density at radius 1 is 1.28 bits per heavy atom. The van der Waals surface area contributed by atoms with Gasteiger partial charge >= 0.3 is 0 Å². The van der Waals surface area contributed by atoms with Gasteiger partial charge in [0.1, 0.15) is 0 Å². The van der Waals surface area contributed by atoms with Crippen molar-refractivity contribution >= 4 is 5.69 Å². The van der Waals surface area contributed by atoms with Gasteiger partial charge in [-0.3, -0.25) is 0 Å². The molecule has 1 N–H and O–H groups in total. The molecular formula is C16H25NO. The van der Waals surface area contributed by atoms with E-state index in [0.717, 1.165) is 19.4 Å². The minimum absolute atomic E-state index is 0.183. The van der Waals surface area contributed by atoms with Crippen molar-refractivity contribution in [2.24, 2.45) is 5.92 Å². The van der Waals surface area contributed by atoms with E-state index in [2.05, 4.69) is 50.8 Å². The molecule has 0 amide bonds. The monoisotopic (exact) mass is 247 g/mol. The highest BCUT2D eigenvalue weighted by Crippen LogP contribution is 2.37. The van der Waals surface area contributed by atoms with E-state index >= 15 is 0 Å². The molecule has 1 heterocycles. The van der Waals surface area contributed by atoms with Crippen LogP contribution >= 0.6 is 0 Å². The first-order chi connectivity index (χ1) is 8.45. The second-order valence-corrected chi connectivity index (χ2v) is 6.25. The Labute approximate surface area is 111 Å². The summed E-state index contributed by atoms with van der Waals surface area (Å²) in [5, 5.41) is 9.44. The smallest absolute Gasteiger partial charge is 0.0476 e. The van der Waals surface area contributed by atoms with E-state index in [4.69, 9.17) is 0 Å².